The van der Waals surface area contributed by atoms with Gasteiger partial charge in [-0.05, 0) is 51.9 Å². The Hall–Kier alpha value is -0.160. The van der Waals surface area contributed by atoms with Crippen molar-refractivity contribution in [1.82, 2.24) is 15.1 Å². The van der Waals surface area contributed by atoms with E-state index >= 15 is 0 Å². The SMILES string of the molecule is CC(C)NC(CO)CCN1CCCN2CCCC2C1. The van der Waals surface area contributed by atoms with Crippen molar-refractivity contribution in [3.05, 3.63) is 0 Å². The van der Waals surface area contributed by atoms with Gasteiger partial charge in [0.05, 0.1) is 6.61 Å². The van der Waals surface area contributed by atoms with E-state index in [0.29, 0.717) is 6.04 Å². The van der Waals surface area contributed by atoms with Crippen LogP contribution >= 0.6 is 0 Å². The van der Waals surface area contributed by atoms with Gasteiger partial charge in [-0.15, -0.1) is 0 Å². The van der Waals surface area contributed by atoms with Crippen molar-refractivity contribution >= 4 is 0 Å². The molecule has 0 aliphatic carbocycles. The molecule has 2 rings (SSSR count). The lowest BCUT2D eigenvalue weighted by Crippen LogP contribution is -2.42. The molecule has 4 heteroatoms. The summed E-state index contributed by atoms with van der Waals surface area (Å²) in [7, 11) is 0. The van der Waals surface area contributed by atoms with Crippen LogP contribution in [0.1, 0.15) is 39.5 Å². The third-order valence-corrected chi connectivity index (χ3v) is 4.47. The van der Waals surface area contributed by atoms with Crippen molar-refractivity contribution in [2.24, 2.45) is 0 Å². The largest absolute Gasteiger partial charge is 0.395 e. The Morgan fingerprint density at radius 1 is 1.21 bits per heavy atom. The molecule has 2 atom stereocenters. The summed E-state index contributed by atoms with van der Waals surface area (Å²) >= 11 is 0. The number of fused-ring (bicyclic) bond motifs is 1. The van der Waals surface area contributed by atoms with E-state index < -0.39 is 0 Å². The minimum Gasteiger partial charge on any atom is -0.395 e. The van der Waals surface area contributed by atoms with Gasteiger partial charge in [-0.2, -0.15) is 0 Å². The molecule has 2 saturated heterocycles. The van der Waals surface area contributed by atoms with Gasteiger partial charge >= 0.3 is 0 Å². The van der Waals surface area contributed by atoms with E-state index in [2.05, 4.69) is 29.0 Å². The molecular formula is C15H31N3O. The number of hydrogen-bond acceptors (Lipinski definition) is 4. The highest BCUT2D eigenvalue weighted by Gasteiger charge is 2.28. The number of aliphatic hydroxyl groups excluding tert-OH is 1. The number of nitrogens with one attached hydrogen (secondary N) is 1. The van der Waals surface area contributed by atoms with E-state index in [1.165, 1.54) is 45.4 Å². The lowest BCUT2D eigenvalue weighted by atomic mass is 10.1. The predicted octanol–water partition coefficient (Wildman–Crippen LogP) is 0.906. The van der Waals surface area contributed by atoms with Gasteiger partial charge in [0.1, 0.15) is 0 Å². The Balaban J connectivity index is 1.75. The van der Waals surface area contributed by atoms with Crippen LogP contribution in [0.25, 0.3) is 0 Å². The third kappa shape index (κ3) is 4.71. The minimum absolute atomic E-state index is 0.252. The smallest absolute Gasteiger partial charge is 0.0585 e. The summed E-state index contributed by atoms with van der Waals surface area (Å²) in [6.45, 7) is 10.7. The molecule has 0 aromatic carbocycles. The molecule has 2 N–H and O–H groups in total. The van der Waals surface area contributed by atoms with Crippen LogP contribution in [-0.2, 0) is 0 Å². The van der Waals surface area contributed by atoms with Crippen molar-refractivity contribution in [2.75, 3.05) is 39.3 Å². The fourth-order valence-electron chi connectivity index (χ4n) is 3.52. The molecule has 2 aliphatic rings. The maximum Gasteiger partial charge on any atom is 0.0585 e. The maximum atomic E-state index is 9.42. The van der Waals surface area contributed by atoms with Crippen LogP contribution in [0.2, 0.25) is 0 Å². The summed E-state index contributed by atoms with van der Waals surface area (Å²) in [5, 5.41) is 12.9. The van der Waals surface area contributed by atoms with Crippen molar-refractivity contribution in [3.63, 3.8) is 0 Å². The molecule has 19 heavy (non-hydrogen) atoms. The van der Waals surface area contributed by atoms with Gasteiger partial charge in [0.25, 0.3) is 0 Å². The van der Waals surface area contributed by atoms with Gasteiger partial charge in [-0.25, -0.2) is 0 Å². The van der Waals surface area contributed by atoms with Gasteiger partial charge in [-0.1, -0.05) is 13.8 Å². The fraction of sp³-hybridized carbons (Fsp3) is 1.00. The first kappa shape index (κ1) is 15.2. The molecule has 2 heterocycles. The quantitative estimate of drug-likeness (QED) is 0.752. The molecule has 0 amide bonds. The number of hydrogen-bond donors (Lipinski definition) is 2. The molecule has 2 unspecified atom stereocenters. The lowest BCUT2D eigenvalue weighted by molar-refractivity contribution is 0.187. The molecule has 0 aromatic rings. The van der Waals surface area contributed by atoms with E-state index in [1.807, 2.05) is 0 Å². The van der Waals surface area contributed by atoms with Gasteiger partial charge in [0, 0.05) is 24.7 Å². The second kappa shape index (κ2) is 7.58. The molecule has 2 fully saturated rings. The number of rotatable bonds is 6. The number of aliphatic hydroxyl groups is 1. The van der Waals surface area contributed by atoms with Crippen molar-refractivity contribution in [2.45, 2.75) is 57.7 Å². The summed E-state index contributed by atoms with van der Waals surface area (Å²) in [5.74, 6) is 0. The standard InChI is InChI=1S/C15H31N3O/c1-13(2)16-14(12-19)6-10-17-7-4-9-18-8-3-5-15(18)11-17/h13-16,19H,3-12H2,1-2H3. The molecule has 0 radical (unpaired) electrons. The first-order chi connectivity index (χ1) is 9.19. The molecular weight excluding hydrogens is 238 g/mol. The highest BCUT2D eigenvalue weighted by atomic mass is 16.3. The Morgan fingerprint density at radius 2 is 2.00 bits per heavy atom. The zero-order valence-corrected chi connectivity index (χ0v) is 12.6. The van der Waals surface area contributed by atoms with Gasteiger partial charge in [0.2, 0.25) is 0 Å². The molecule has 112 valence electrons. The molecule has 0 spiro atoms. The summed E-state index contributed by atoms with van der Waals surface area (Å²) in [5.41, 5.74) is 0. The second-order valence-electron chi connectivity index (χ2n) is 6.48. The summed E-state index contributed by atoms with van der Waals surface area (Å²) in [4.78, 5) is 5.29. The van der Waals surface area contributed by atoms with E-state index in [4.69, 9.17) is 0 Å². The van der Waals surface area contributed by atoms with Crippen LogP contribution in [0.5, 0.6) is 0 Å². The monoisotopic (exact) mass is 269 g/mol. The van der Waals surface area contributed by atoms with Gasteiger partial charge < -0.3 is 15.3 Å². The lowest BCUT2D eigenvalue weighted by Gasteiger charge is -2.27. The maximum absolute atomic E-state index is 9.42. The molecule has 0 aromatic heterocycles. The normalized spacial score (nSPS) is 27.5. The van der Waals surface area contributed by atoms with Crippen LogP contribution in [0.4, 0.5) is 0 Å². The summed E-state index contributed by atoms with van der Waals surface area (Å²) in [6, 6.07) is 1.50. The molecule has 0 saturated carbocycles. The van der Waals surface area contributed by atoms with E-state index in [1.54, 1.807) is 0 Å². The van der Waals surface area contributed by atoms with E-state index in [0.717, 1.165) is 19.0 Å². The molecule has 2 aliphatic heterocycles. The van der Waals surface area contributed by atoms with E-state index in [-0.39, 0.29) is 12.6 Å². The predicted molar refractivity (Wildman–Crippen MR) is 79.4 cm³/mol. The Labute approximate surface area is 118 Å². The first-order valence-electron chi connectivity index (χ1n) is 8.02. The topological polar surface area (TPSA) is 38.7 Å². The second-order valence-corrected chi connectivity index (χ2v) is 6.48. The van der Waals surface area contributed by atoms with Crippen LogP contribution in [0, 0.1) is 0 Å². The van der Waals surface area contributed by atoms with Crippen LogP contribution in [0.3, 0.4) is 0 Å². The van der Waals surface area contributed by atoms with E-state index in [9.17, 15) is 5.11 Å². The summed E-state index contributed by atoms with van der Waals surface area (Å²) < 4.78 is 0. The average Bonchev–Trinajstić information content (AvgIpc) is 2.72. The molecule has 4 nitrogen and oxygen atoms in total. The highest BCUT2D eigenvalue weighted by Crippen LogP contribution is 2.21. The van der Waals surface area contributed by atoms with Crippen molar-refractivity contribution in [1.29, 1.82) is 0 Å². The van der Waals surface area contributed by atoms with Crippen LogP contribution in [0.15, 0.2) is 0 Å². The number of nitrogens with zero attached hydrogens (tertiary/aromatic N) is 2. The Morgan fingerprint density at radius 3 is 2.74 bits per heavy atom. The fourth-order valence-corrected chi connectivity index (χ4v) is 3.52. The average molecular weight is 269 g/mol. The Bertz CT molecular complexity index is 260. The van der Waals surface area contributed by atoms with Crippen molar-refractivity contribution in [3.8, 4) is 0 Å². The van der Waals surface area contributed by atoms with Gasteiger partial charge in [0.15, 0.2) is 0 Å². The van der Waals surface area contributed by atoms with Crippen LogP contribution < -0.4 is 5.32 Å². The zero-order chi connectivity index (χ0) is 13.7. The third-order valence-electron chi connectivity index (χ3n) is 4.47. The highest BCUT2D eigenvalue weighted by molar-refractivity contribution is 4.85. The molecule has 0 bridgehead atoms. The summed E-state index contributed by atoms with van der Waals surface area (Å²) in [6.07, 6.45) is 5.12. The first-order valence-corrected chi connectivity index (χ1v) is 8.02. The minimum atomic E-state index is 0.252. The van der Waals surface area contributed by atoms with Gasteiger partial charge in [-0.3, -0.25) is 4.90 Å². The zero-order valence-electron chi connectivity index (χ0n) is 12.6. The Kier molecular flexibility index (Phi) is 6.07. The van der Waals surface area contributed by atoms with Crippen LogP contribution in [-0.4, -0.2) is 72.4 Å². The van der Waals surface area contributed by atoms with Crippen molar-refractivity contribution < 1.29 is 5.11 Å².